The van der Waals surface area contributed by atoms with Gasteiger partial charge in [-0.25, -0.2) is 0 Å². The first-order valence-corrected chi connectivity index (χ1v) is 9.17. The number of hydrogen-bond acceptors (Lipinski definition) is 5. The van der Waals surface area contributed by atoms with E-state index in [9.17, 15) is 4.79 Å². The van der Waals surface area contributed by atoms with Crippen molar-refractivity contribution in [1.82, 2.24) is 15.0 Å². The molecular formula is C18H29N3O3. The lowest BCUT2D eigenvalue weighted by Crippen LogP contribution is -2.37. The Hall–Kier alpha value is -1.40. The average Bonchev–Trinajstić information content (AvgIpc) is 3.10. The summed E-state index contributed by atoms with van der Waals surface area (Å²) in [6.07, 6.45) is 5.06. The molecule has 0 aromatic carbocycles. The van der Waals surface area contributed by atoms with Crippen molar-refractivity contribution in [3.8, 4) is 0 Å². The van der Waals surface area contributed by atoms with Gasteiger partial charge in [0.05, 0.1) is 11.8 Å². The van der Waals surface area contributed by atoms with Crippen LogP contribution in [0.25, 0.3) is 0 Å². The number of carbonyl (C=O) groups is 1. The van der Waals surface area contributed by atoms with Crippen LogP contribution in [0.2, 0.25) is 0 Å². The van der Waals surface area contributed by atoms with E-state index < -0.39 is 0 Å². The van der Waals surface area contributed by atoms with E-state index in [1.54, 1.807) is 0 Å². The van der Waals surface area contributed by atoms with Gasteiger partial charge in [-0.1, -0.05) is 5.16 Å². The number of aromatic nitrogens is 1. The molecule has 0 spiro atoms. The quantitative estimate of drug-likeness (QED) is 0.823. The fourth-order valence-corrected chi connectivity index (χ4v) is 3.73. The third kappa shape index (κ3) is 4.36. The third-order valence-corrected chi connectivity index (χ3v) is 5.20. The van der Waals surface area contributed by atoms with Crippen LogP contribution < -0.4 is 0 Å². The average molecular weight is 335 g/mol. The van der Waals surface area contributed by atoms with Gasteiger partial charge >= 0.3 is 0 Å². The molecule has 6 nitrogen and oxygen atoms in total. The molecule has 134 valence electrons. The van der Waals surface area contributed by atoms with Crippen molar-refractivity contribution in [2.24, 2.45) is 0 Å². The topological polar surface area (TPSA) is 58.8 Å². The number of amides is 1. The minimum absolute atomic E-state index is 0.244. The highest BCUT2D eigenvalue weighted by Gasteiger charge is 2.23. The Bertz CT molecular complexity index is 532. The molecule has 1 amide bonds. The Kier molecular flexibility index (Phi) is 5.89. The molecule has 3 rings (SSSR count). The van der Waals surface area contributed by atoms with E-state index in [-0.39, 0.29) is 5.91 Å². The number of nitrogens with zero attached hydrogens (tertiary/aromatic N) is 3. The first kappa shape index (κ1) is 17.4. The van der Waals surface area contributed by atoms with E-state index in [0.717, 1.165) is 69.2 Å². The molecule has 0 saturated carbocycles. The van der Waals surface area contributed by atoms with Crippen molar-refractivity contribution in [3.63, 3.8) is 0 Å². The minimum Gasteiger partial charge on any atom is -0.377 e. The predicted molar refractivity (Wildman–Crippen MR) is 90.9 cm³/mol. The van der Waals surface area contributed by atoms with Gasteiger partial charge in [0.25, 0.3) is 0 Å². The van der Waals surface area contributed by atoms with Crippen molar-refractivity contribution in [2.75, 3.05) is 39.3 Å². The van der Waals surface area contributed by atoms with E-state index in [1.807, 2.05) is 18.7 Å². The van der Waals surface area contributed by atoms with Crippen LogP contribution in [0.5, 0.6) is 0 Å². The fraction of sp³-hybridized carbons (Fsp3) is 0.778. The second kappa shape index (κ2) is 8.12. The highest BCUT2D eigenvalue weighted by atomic mass is 16.5. The molecule has 2 aliphatic rings. The fourth-order valence-electron chi connectivity index (χ4n) is 3.73. The maximum atomic E-state index is 12.6. The Balaban J connectivity index is 1.45. The molecule has 3 heterocycles. The van der Waals surface area contributed by atoms with Gasteiger partial charge in [0.15, 0.2) is 0 Å². The van der Waals surface area contributed by atoms with E-state index >= 15 is 0 Å². The van der Waals surface area contributed by atoms with Gasteiger partial charge in [-0.15, -0.1) is 0 Å². The highest BCUT2D eigenvalue weighted by molar-refractivity contribution is 5.76. The lowest BCUT2D eigenvalue weighted by atomic mass is 10.1. The van der Waals surface area contributed by atoms with Gasteiger partial charge in [-0.2, -0.15) is 0 Å². The molecule has 24 heavy (non-hydrogen) atoms. The number of aryl methyl sites for hydroxylation is 2. The zero-order valence-corrected chi connectivity index (χ0v) is 14.9. The second-order valence-corrected chi connectivity index (χ2v) is 6.97. The summed E-state index contributed by atoms with van der Waals surface area (Å²) < 4.78 is 10.9. The van der Waals surface area contributed by atoms with Crippen LogP contribution in [0.4, 0.5) is 0 Å². The molecule has 0 N–H and O–H groups in total. The summed E-state index contributed by atoms with van der Waals surface area (Å²) in [5.74, 6) is 1.08. The van der Waals surface area contributed by atoms with Gasteiger partial charge in [-0.3, -0.25) is 9.69 Å². The number of carbonyl (C=O) groups excluding carboxylic acids is 1. The van der Waals surface area contributed by atoms with Crippen molar-refractivity contribution < 1.29 is 14.1 Å². The summed E-state index contributed by atoms with van der Waals surface area (Å²) in [5, 5.41) is 3.96. The Morgan fingerprint density at radius 3 is 2.79 bits per heavy atom. The molecule has 1 atom stereocenters. The predicted octanol–water partition coefficient (Wildman–Crippen LogP) is 1.94. The third-order valence-electron chi connectivity index (χ3n) is 5.20. The standard InChI is InChI=1S/C18H29N3O3/c1-14-17(15(2)24-19-14)6-7-18(22)21-9-4-8-20(10-11-21)13-16-5-3-12-23-16/h16H,3-13H2,1-2H3/t16-/m1/s1. The normalized spacial score (nSPS) is 22.8. The van der Waals surface area contributed by atoms with Crippen LogP contribution in [0.1, 0.15) is 42.7 Å². The molecule has 1 aromatic heterocycles. The summed E-state index contributed by atoms with van der Waals surface area (Å²) in [5.41, 5.74) is 1.98. The van der Waals surface area contributed by atoms with Crippen LogP contribution in [-0.4, -0.2) is 66.3 Å². The first-order valence-electron chi connectivity index (χ1n) is 9.17. The lowest BCUT2D eigenvalue weighted by Gasteiger charge is -2.24. The van der Waals surface area contributed by atoms with Gasteiger partial charge in [0.1, 0.15) is 5.76 Å². The molecule has 2 aliphatic heterocycles. The monoisotopic (exact) mass is 335 g/mol. The summed E-state index contributed by atoms with van der Waals surface area (Å²) in [4.78, 5) is 17.0. The second-order valence-electron chi connectivity index (χ2n) is 6.97. The molecule has 2 saturated heterocycles. The Labute approximate surface area is 144 Å². The maximum Gasteiger partial charge on any atom is 0.222 e. The first-order chi connectivity index (χ1) is 11.6. The largest absolute Gasteiger partial charge is 0.377 e. The van der Waals surface area contributed by atoms with Gasteiger partial charge in [-0.05, 0) is 46.1 Å². The van der Waals surface area contributed by atoms with Crippen LogP contribution in [0.15, 0.2) is 4.52 Å². The van der Waals surface area contributed by atoms with E-state index in [0.29, 0.717) is 12.5 Å². The Morgan fingerprint density at radius 1 is 1.21 bits per heavy atom. The van der Waals surface area contributed by atoms with E-state index in [4.69, 9.17) is 9.26 Å². The van der Waals surface area contributed by atoms with Crippen LogP contribution in [0.3, 0.4) is 0 Å². The lowest BCUT2D eigenvalue weighted by molar-refractivity contribution is -0.131. The van der Waals surface area contributed by atoms with E-state index in [1.165, 1.54) is 12.8 Å². The smallest absolute Gasteiger partial charge is 0.222 e. The van der Waals surface area contributed by atoms with Crippen LogP contribution >= 0.6 is 0 Å². The maximum absolute atomic E-state index is 12.6. The molecule has 0 aliphatic carbocycles. The molecular weight excluding hydrogens is 306 g/mol. The number of hydrogen-bond donors (Lipinski definition) is 0. The number of rotatable bonds is 5. The SMILES string of the molecule is Cc1noc(C)c1CCC(=O)N1CCCN(C[C@H]2CCCO2)CC1. The molecule has 0 radical (unpaired) electrons. The van der Waals surface area contributed by atoms with Gasteiger partial charge in [0.2, 0.25) is 5.91 Å². The summed E-state index contributed by atoms with van der Waals surface area (Å²) >= 11 is 0. The molecule has 0 bridgehead atoms. The molecule has 1 aromatic rings. The van der Waals surface area contributed by atoms with Crippen molar-refractivity contribution in [1.29, 1.82) is 0 Å². The van der Waals surface area contributed by atoms with Crippen LogP contribution in [0, 0.1) is 13.8 Å². The van der Waals surface area contributed by atoms with Crippen LogP contribution in [-0.2, 0) is 16.0 Å². The van der Waals surface area contributed by atoms with Gasteiger partial charge < -0.3 is 14.2 Å². The Morgan fingerprint density at radius 2 is 2.08 bits per heavy atom. The molecule has 0 unspecified atom stereocenters. The summed E-state index contributed by atoms with van der Waals surface area (Å²) in [6, 6.07) is 0. The summed E-state index contributed by atoms with van der Waals surface area (Å²) in [7, 11) is 0. The summed E-state index contributed by atoms with van der Waals surface area (Å²) in [6.45, 7) is 9.48. The zero-order valence-electron chi connectivity index (χ0n) is 14.9. The molecule has 6 heteroatoms. The number of ether oxygens (including phenoxy) is 1. The molecule has 2 fully saturated rings. The zero-order chi connectivity index (χ0) is 16.9. The van der Waals surface area contributed by atoms with Gasteiger partial charge in [0, 0.05) is 44.8 Å². The van der Waals surface area contributed by atoms with Crippen molar-refractivity contribution in [2.45, 2.75) is 52.1 Å². The van der Waals surface area contributed by atoms with Crippen molar-refractivity contribution >= 4 is 5.91 Å². The van der Waals surface area contributed by atoms with Crippen molar-refractivity contribution in [3.05, 3.63) is 17.0 Å². The minimum atomic E-state index is 0.244. The highest BCUT2D eigenvalue weighted by Crippen LogP contribution is 2.17. The van der Waals surface area contributed by atoms with E-state index in [2.05, 4.69) is 10.1 Å².